The van der Waals surface area contributed by atoms with Gasteiger partial charge in [-0.25, -0.2) is 4.79 Å². The Kier molecular flexibility index (Phi) is 6.12. The SMILES string of the molecule is COC(=O)c1cc(I)ccc1OCCCBr. The number of hydrogen-bond acceptors (Lipinski definition) is 3. The first-order valence-corrected chi connectivity index (χ1v) is 6.95. The Hall–Kier alpha value is -0.300. The molecule has 0 saturated carbocycles. The number of methoxy groups -OCH3 is 1. The van der Waals surface area contributed by atoms with E-state index in [0.29, 0.717) is 17.9 Å². The van der Waals surface area contributed by atoms with Crippen LogP contribution < -0.4 is 4.74 Å². The molecule has 88 valence electrons. The van der Waals surface area contributed by atoms with E-state index in [9.17, 15) is 4.79 Å². The van der Waals surface area contributed by atoms with E-state index in [1.54, 1.807) is 12.1 Å². The molecule has 0 N–H and O–H groups in total. The third kappa shape index (κ3) is 3.93. The number of hydrogen-bond donors (Lipinski definition) is 0. The molecule has 0 amide bonds. The minimum absolute atomic E-state index is 0.368. The van der Waals surface area contributed by atoms with Gasteiger partial charge < -0.3 is 9.47 Å². The molecule has 1 rings (SSSR count). The first-order valence-electron chi connectivity index (χ1n) is 4.75. The molecular formula is C11H12BrIO3. The first-order chi connectivity index (χ1) is 7.69. The van der Waals surface area contributed by atoms with Gasteiger partial charge in [0.05, 0.1) is 13.7 Å². The number of ether oxygens (including phenoxy) is 2. The molecule has 3 nitrogen and oxygen atoms in total. The van der Waals surface area contributed by atoms with Crippen LogP contribution in [0.5, 0.6) is 5.75 Å². The molecule has 0 aliphatic carbocycles. The summed E-state index contributed by atoms with van der Waals surface area (Å²) in [6.45, 7) is 0.579. The van der Waals surface area contributed by atoms with E-state index < -0.39 is 0 Å². The van der Waals surface area contributed by atoms with Gasteiger partial charge in [-0.2, -0.15) is 0 Å². The van der Waals surface area contributed by atoms with E-state index in [2.05, 4.69) is 38.5 Å². The number of rotatable bonds is 5. The molecule has 0 fully saturated rings. The van der Waals surface area contributed by atoms with Crippen molar-refractivity contribution >= 4 is 44.5 Å². The standard InChI is InChI=1S/C11H12BrIO3/c1-15-11(14)9-7-8(13)3-4-10(9)16-6-2-5-12/h3-4,7H,2,5-6H2,1H3. The fourth-order valence-corrected chi connectivity index (χ4v) is 1.85. The number of halogens is 2. The van der Waals surface area contributed by atoms with Gasteiger partial charge >= 0.3 is 5.97 Å². The summed E-state index contributed by atoms with van der Waals surface area (Å²) in [5.41, 5.74) is 0.476. The molecule has 0 atom stereocenters. The van der Waals surface area contributed by atoms with Crippen molar-refractivity contribution < 1.29 is 14.3 Å². The molecule has 1 aromatic rings. The van der Waals surface area contributed by atoms with Gasteiger partial charge in [0.2, 0.25) is 0 Å². The van der Waals surface area contributed by atoms with Crippen molar-refractivity contribution in [3.05, 3.63) is 27.3 Å². The highest BCUT2D eigenvalue weighted by atomic mass is 127. The maximum atomic E-state index is 11.5. The molecule has 1 aromatic carbocycles. The van der Waals surface area contributed by atoms with Crippen molar-refractivity contribution in [2.45, 2.75) is 6.42 Å². The summed E-state index contributed by atoms with van der Waals surface area (Å²) in [6, 6.07) is 5.45. The van der Waals surface area contributed by atoms with Crippen molar-refractivity contribution in [3.8, 4) is 5.75 Å². The smallest absolute Gasteiger partial charge is 0.341 e. The lowest BCUT2D eigenvalue weighted by atomic mass is 10.2. The Morgan fingerprint density at radius 3 is 2.88 bits per heavy atom. The molecule has 0 aromatic heterocycles. The summed E-state index contributed by atoms with van der Waals surface area (Å²) in [4.78, 5) is 11.5. The second-order valence-electron chi connectivity index (χ2n) is 3.02. The fraction of sp³-hybridized carbons (Fsp3) is 0.364. The van der Waals surface area contributed by atoms with Gasteiger partial charge in [0, 0.05) is 8.90 Å². The molecule has 0 radical (unpaired) electrons. The van der Waals surface area contributed by atoms with Crippen molar-refractivity contribution in [2.75, 3.05) is 19.0 Å². The molecule has 0 unspecified atom stereocenters. The van der Waals surface area contributed by atoms with Crippen LogP contribution >= 0.6 is 38.5 Å². The van der Waals surface area contributed by atoms with E-state index >= 15 is 0 Å². The van der Waals surface area contributed by atoms with Gasteiger partial charge in [-0.1, -0.05) is 15.9 Å². The van der Waals surface area contributed by atoms with Crippen LogP contribution in [0.15, 0.2) is 18.2 Å². The molecule has 16 heavy (non-hydrogen) atoms. The molecule has 0 saturated heterocycles. The number of alkyl halides is 1. The zero-order valence-electron chi connectivity index (χ0n) is 8.83. The topological polar surface area (TPSA) is 35.5 Å². The van der Waals surface area contributed by atoms with Crippen LogP contribution in [0.1, 0.15) is 16.8 Å². The Bertz CT molecular complexity index is 368. The monoisotopic (exact) mass is 398 g/mol. The third-order valence-corrected chi connectivity index (χ3v) is 3.11. The number of carbonyl (C=O) groups excluding carboxylic acids is 1. The predicted octanol–water partition coefficient (Wildman–Crippen LogP) is 3.24. The summed E-state index contributed by atoms with van der Waals surface area (Å²) in [6.07, 6.45) is 0.895. The average molecular weight is 399 g/mol. The fourth-order valence-electron chi connectivity index (χ4n) is 1.13. The molecule has 0 spiro atoms. The Labute approximate surface area is 117 Å². The highest BCUT2D eigenvalue weighted by molar-refractivity contribution is 14.1. The summed E-state index contributed by atoms with van der Waals surface area (Å²) in [5.74, 6) is 0.209. The minimum Gasteiger partial charge on any atom is -0.493 e. The van der Waals surface area contributed by atoms with Gasteiger partial charge in [-0.3, -0.25) is 0 Å². The number of esters is 1. The normalized spacial score (nSPS) is 9.94. The van der Waals surface area contributed by atoms with Crippen molar-refractivity contribution in [1.82, 2.24) is 0 Å². The molecule has 0 bridgehead atoms. The lowest BCUT2D eigenvalue weighted by Crippen LogP contribution is -2.07. The van der Waals surface area contributed by atoms with E-state index in [4.69, 9.17) is 9.47 Å². The minimum atomic E-state index is -0.368. The van der Waals surface area contributed by atoms with Gasteiger partial charge in [-0.15, -0.1) is 0 Å². The predicted molar refractivity (Wildman–Crippen MR) is 74.4 cm³/mol. The highest BCUT2D eigenvalue weighted by Crippen LogP contribution is 2.22. The van der Waals surface area contributed by atoms with Crippen LogP contribution in [0.3, 0.4) is 0 Å². The van der Waals surface area contributed by atoms with Crippen molar-refractivity contribution in [2.24, 2.45) is 0 Å². The summed E-state index contributed by atoms with van der Waals surface area (Å²) < 4.78 is 11.2. The Morgan fingerprint density at radius 2 is 2.25 bits per heavy atom. The number of benzene rings is 1. The zero-order chi connectivity index (χ0) is 12.0. The maximum absolute atomic E-state index is 11.5. The van der Waals surface area contributed by atoms with Gasteiger partial charge in [0.25, 0.3) is 0 Å². The van der Waals surface area contributed by atoms with E-state index in [-0.39, 0.29) is 5.97 Å². The van der Waals surface area contributed by atoms with Crippen molar-refractivity contribution in [1.29, 1.82) is 0 Å². The average Bonchev–Trinajstić information content (AvgIpc) is 2.30. The highest BCUT2D eigenvalue weighted by Gasteiger charge is 2.13. The van der Waals surface area contributed by atoms with Crippen LogP contribution in [-0.2, 0) is 4.74 Å². The van der Waals surface area contributed by atoms with Crippen LogP contribution in [0.4, 0.5) is 0 Å². The third-order valence-electron chi connectivity index (χ3n) is 1.88. The van der Waals surface area contributed by atoms with E-state index in [0.717, 1.165) is 15.3 Å². The molecule has 0 aliphatic heterocycles. The molecule has 0 heterocycles. The van der Waals surface area contributed by atoms with Gasteiger partial charge in [0.1, 0.15) is 11.3 Å². The molecule has 5 heteroatoms. The molecule has 0 aliphatic rings. The van der Waals surface area contributed by atoms with Crippen LogP contribution in [-0.4, -0.2) is 25.0 Å². The van der Waals surface area contributed by atoms with E-state index in [1.165, 1.54) is 7.11 Å². The molecular weight excluding hydrogens is 387 g/mol. The van der Waals surface area contributed by atoms with Gasteiger partial charge in [0.15, 0.2) is 0 Å². The summed E-state index contributed by atoms with van der Waals surface area (Å²) in [5, 5.41) is 0.880. The Balaban J connectivity index is 2.85. The lowest BCUT2D eigenvalue weighted by Gasteiger charge is -2.09. The summed E-state index contributed by atoms with van der Waals surface area (Å²) >= 11 is 5.47. The zero-order valence-corrected chi connectivity index (χ0v) is 12.6. The van der Waals surface area contributed by atoms with Crippen LogP contribution in [0.2, 0.25) is 0 Å². The largest absolute Gasteiger partial charge is 0.493 e. The second-order valence-corrected chi connectivity index (χ2v) is 5.06. The first kappa shape index (κ1) is 13.8. The van der Waals surface area contributed by atoms with Crippen LogP contribution in [0, 0.1) is 3.57 Å². The van der Waals surface area contributed by atoms with Crippen LogP contribution in [0.25, 0.3) is 0 Å². The summed E-state index contributed by atoms with van der Waals surface area (Å²) in [7, 11) is 1.37. The van der Waals surface area contributed by atoms with E-state index in [1.807, 2.05) is 6.07 Å². The lowest BCUT2D eigenvalue weighted by molar-refractivity contribution is 0.0596. The second kappa shape index (κ2) is 7.11. The quantitative estimate of drug-likeness (QED) is 0.330. The van der Waals surface area contributed by atoms with Gasteiger partial charge in [-0.05, 0) is 47.2 Å². The Morgan fingerprint density at radius 1 is 1.50 bits per heavy atom. The van der Waals surface area contributed by atoms with Crippen molar-refractivity contribution in [3.63, 3.8) is 0 Å². The maximum Gasteiger partial charge on any atom is 0.341 e. The number of carbonyl (C=O) groups is 1.